The first kappa shape index (κ1) is 17.9. The van der Waals surface area contributed by atoms with Gasteiger partial charge in [-0.25, -0.2) is 0 Å². The van der Waals surface area contributed by atoms with Crippen LogP contribution in [0.15, 0.2) is 64.6 Å². The summed E-state index contributed by atoms with van der Waals surface area (Å²) in [6, 6.07) is 19.2. The SMILES string of the molecule is N#C/C(=C/c1ccc(N2CCCCC2)o1)C(=O)Nc1ccc2ccccc2c1. The molecule has 5 heteroatoms. The van der Waals surface area contributed by atoms with Gasteiger partial charge in [-0.2, -0.15) is 5.26 Å². The average Bonchev–Trinajstić information content (AvgIpc) is 3.21. The molecule has 1 N–H and O–H groups in total. The summed E-state index contributed by atoms with van der Waals surface area (Å²) in [5.41, 5.74) is 0.658. The Labute approximate surface area is 163 Å². The van der Waals surface area contributed by atoms with E-state index in [0.717, 1.165) is 42.6 Å². The summed E-state index contributed by atoms with van der Waals surface area (Å²) in [6.45, 7) is 1.95. The Balaban J connectivity index is 1.50. The fourth-order valence-corrected chi connectivity index (χ4v) is 3.46. The van der Waals surface area contributed by atoms with Crippen molar-refractivity contribution in [1.82, 2.24) is 0 Å². The lowest BCUT2D eigenvalue weighted by Gasteiger charge is -2.25. The van der Waals surface area contributed by atoms with Gasteiger partial charge in [-0.15, -0.1) is 0 Å². The van der Waals surface area contributed by atoms with Crippen LogP contribution >= 0.6 is 0 Å². The molecule has 4 rings (SSSR count). The second-order valence-corrected chi connectivity index (χ2v) is 6.91. The van der Waals surface area contributed by atoms with Crippen LogP contribution in [0.2, 0.25) is 0 Å². The van der Waals surface area contributed by atoms with Crippen LogP contribution in [0, 0.1) is 11.3 Å². The molecular weight excluding hydrogens is 350 g/mol. The van der Waals surface area contributed by atoms with Crippen molar-refractivity contribution < 1.29 is 9.21 Å². The summed E-state index contributed by atoms with van der Waals surface area (Å²) in [5.74, 6) is 0.845. The van der Waals surface area contributed by atoms with E-state index in [0.29, 0.717) is 11.4 Å². The van der Waals surface area contributed by atoms with Crippen molar-refractivity contribution in [2.45, 2.75) is 19.3 Å². The van der Waals surface area contributed by atoms with Crippen LogP contribution < -0.4 is 10.2 Å². The lowest BCUT2D eigenvalue weighted by molar-refractivity contribution is -0.112. The number of carbonyl (C=O) groups is 1. The van der Waals surface area contributed by atoms with Crippen molar-refractivity contribution in [2.75, 3.05) is 23.3 Å². The molecule has 0 atom stereocenters. The molecule has 0 aliphatic carbocycles. The van der Waals surface area contributed by atoms with Gasteiger partial charge in [-0.1, -0.05) is 30.3 Å². The minimum absolute atomic E-state index is 0.00713. The van der Waals surface area contributed by atoms with Gasteiger partial charge in [0.1, 0.15) is 17.4 Å². The number of fused-ring (bicyclic) bond motifs is 1. The molecule has 2 aromatic carbocycles. The minimum Gasteiger partial charge on any atom is -0.441 e. The van der Waals surface area contributed by atoms with E-state index in [-0.39, 0.29) is 5.57 Å². The van der Waals surface area contributed by atoms with Crippen molar-refractivity contribution in [3.63, 3.8) is 0 Å². The van der Waals surface area contributed by atoms with E-state index in [1.807, 2.05) is 54.6 Å². The Morgan fingerprint density at radius 1 is 1.04 bits per heavy atom. The molecule has 3 aromatic rings. The fraction of sp³-hybridized carbons (Fsp3) is 0.217. The molecule has 140 valence electrons. The van der Waals surface area contributed by atoms with Crippen LogP contribution in [0.1, 0.15) is 25.0 Å². The maximum Gasteiger partial charge on any atom is 0.266 e. The number of anilines is 2. The second-order valence-electron chi connectivity index (χ2n) is 6.91. The summed E-state index contributed by atoms with van der Waals surface area (Å²) in [6.07, 6.45) is 5.05. The van der Waals surface area contributed by atoms with Gasteiger partial charge in [0.25, 0.3) is 5.91 Å². The largest absolute Gasteiger partial charge is 0.441 e. The summed E-state index contributed by atoms with van der Waals surface area (Å²) >= 11 is 0. The molecule has 1 aromatic heterocycles. The van der Waals surface area contributed by atoms with Gasteiger partial charge in [0, 0.05) is 30.9 Å². The van der Waals surface area contributed by atoms with Crippen LogP contribution in [0.4, 0.5) is 11.6 Å². The number of nitrogens with zero attached hydrogens (tertiary/aromatic N) is 2. The lowest BCUT2D eigenvalue weighted by Crippen LogP contribution is -2.28. The fourth-order valence-electron chi connectivity index (χ4n) is 3.46. The molecule has 5 nitrogen and oxygen atoms in total. The highest BCUT2D eigenvalue weighted by molar-refractivity contribution is 6.10. The highest BCUT2D eigenvalue weighted by Crippen LogP contribution is 2.24. The van der Waals surface area contributed by atoms with Gasteiger partial charge in [0.2, 0.25) is 0 Å². The first-order valence-corrected chi connectivity index (χ1v) is 9.50. The first-order chi connectivity index (χ1) is 13.7. The van der Waals surface area contributed by atoms with Gasteiger partial charge in [0.05, 0.1) is 0 Å². The van der Waals surface area contributed by atoms with Gasteiger partial charge in [-0.05, 0) is 48.2 Å². The molecule has 0 saturated carbocycles. The van der Waals surface area contributed by atoms with Gasteiger partial charge in [0.15, 0.2) is 5.88 Å². The van der Waals surface area contributed by atoms with E-state index < -0.39 is 5.91 Å². The van der Waals surface area contributed by atoms with E-state index >= 15 is 0 Å². The van der Waals surface area contributed by atoms with E-state index in [1.54, 1.807) is 6.07 Å². The molecule has 1 aliphatic heterocycles. The third-order valence-electron chi connectivity index (χ3n) is 4.94. The van der Waals surface area contributed by atoms with Crippen LogP contribution in [-0.4, -0.2) is 19.0 Å². The number of amides is 1. The van der Waals surface area contributed by atoms with Crippen molar-refractivity contribution >= 4 is 34.3 Å². The van der Waals surface area contributed by atoms with Crippen molar-refractivity contribution in [2.24, 2.45) is 0 Å². The highest BCUT2D eigenvalue weighted by Gasteiger charge is 2.15. The van der Waals surface area contributed by atoms with E-state index in [4.69, 9.17) is 4.42 Å². The Hall–Kier alpha value is -3.52. The molecule has 1 fully saturated rings. The van der Waals surface area contributed by atoms with E-state index in [1.165, 1.54) is 12.5 Å². The third kappa shape index (κ3) is 3.91. The maximum absolute atomic E-state index is 12.5. The number of nitrogens with one attached hydrogen (secondary N) is 1. The predicted molar refractivity (Wildman–Crippen MR) is 111 cm³/mol. The smallest absolute Gasteiger partial charge is 0.266 e. The van der Waals surface area contributed by atoms with Crippen molar-refractivity contribution in [3.05, 3.63) is 65.9 Å². The van der Waals surface area contributed by atoms with Crippen LogP contribution in [-0.2, 0) is 4.79 Å². The normalized spacial score (nSPS) is 14.7. The topological polar surface area (TPSA) is 69.3 Å². The molecular formula is C23H21N3O2. The maximum atomic E-state index is 12.5. The predicted octanol–water partition coefficient (Wildman–Crippen LogP) is 4.97. The number of hydrogen-bond donors (Lipinski definition) is 1. The summed E-state index contributed by atoms with van der Waals surface area (Å²) in [5, 5.41) is 14.3. The molecule has 1 amide bonds. The Morgan fingerprint density at radius 3 is 2.61 bits per heavy atom. The van der Waals surface area contributed by atoms with E-state index in [9.17, 15) is 10.1 Å². The zero-order valence-electron chi connectivity index (χ0n) is 15.5. The number of nitriles is 1. The Kier molecular flexibility index (Phi) is 5.11. The molecule has 1 saturated heterocycles. The molecule has 1 aliphatic rings. The molecule has 28 heavy (non-hydrogen) atoms. The van der Waals surface area contributed by atoms with Crippen molar-refractivity contribution in [3.8, 4) is 6.07 Å². The summed E-state index contributed by atoms with van der Waals surface area (Å²) in [4.78, 5) is 14.7. The quantitative estimate of drug-likeness (QED) is 0.519. The number of furan rings is 1. The number of piperidine rings is 1. The van der Waals surface area contributed by atoms with E-state index in [2.05, 4.69) is 10.2 Å². The van der Waals surface area contributed by atoms with Crippen molar-refractivity contribution in [1.29, 1.82) is 5.26 Å². The zero-order chi connectivity index (χ0) is 19.3. The molecule has 2 heterocycles. The number of carbonyl (C=O) groups excluding carboxylic acids is 1. The van der Waals surface area contributed by atoms with Crippen LogP contribution in [0.5, 0.6) is 0 Å². The first-order valence-electron chi connectivity index (χ1n) is 9.50. The van der Waals surface area contributed by atoms with Gasteiger partial charge in [-0.3, -0.25) is 4.79 Å². The van der Waals surface area contributed by atoms with Crippen LogP contribution in [0.25, 0.3) is 16.8 Å². The number of hydrogen-bond acceptors (Lipinski definition) is 4. The number of rotatable bonds is 4. The van der Waals surface area contributed by atoms with Gasteiger partial charge < -0.3 is 14.6 Å². The number of benzene rings is 2. The summed E-state index contributed by atoms with van der Waals surface area (Å²) < 4.78 is 5.83. The zero-order valence-corrected chi connectivity index (χ0v) is 15.5. The average molecular weight is 371 g/mol. The Morgan fingerprint density at radius 2 is 1.82 bits per heavy atom. The minimum atomic E-state index is -0.450. The second kappa shape index (κ2) is 8.01. The van der Waals surface area contributed by atoms with Crippen LogP contribution in [0.3, 0.4) is 0 Å². The monoisotopic (exact) mass is 371 g/mol. The molecule has 0 unspecified atom stereocenters. The molecule has 0 spiro atoms. The highest BCUT2D eigenvalue weighted by atomic mass is 16.4. The third-order valence-corrected chi connectivity index (χ3v) is 4.94. The van der Waals surface area contributed by atoms with Gasteiger partial charge >= 0.3 is 0 Å². The summed E-state index contributed by atoms with van der Waals surface area (Å²) in [7, 11) is 0. The molecule has 0 bridgehead atoms. The standard InChI is InChI=1S/C23H21N3O2/c24-16-19(15-21-10-11-22(28-21)26-12-4-1-5-13-26)23(27)25-20-9-8-17-6-2-3-7-18(17)14-20/h2-3,6-11,14-15H,1,4-5,12-13H2,(H,25,27)/b19-15-. The lowest BCUT2D eigenvalue weighted by atomic mass is 10.1. The molecule has 0 radical (unpaired) electrons. The Bertz CT molecular complexity index is 1070.